The van der Waals surface area contributed by atoms with Crippen molar-refractivity contribution in [1.82, 2.24) is 10.4 Å². The minimum atomic E-state index is -0.337. The van der Waals surface area contributed by atoms with Crippen molar-refractivity contribution < 1.29 is 9.53 Å². The third-order valence-corrected chi connectivity index (χ3v) is 5.05. The summed E-state index contributed by atoms with van der Waals surface area (Å²) in [6, 6.07) is 15.1. The highest BCUT2D eigenvalue weighted by Gasteiger charge is 2.15. The van der Waals surface area contributed by atoms with E-state index in [2.05, 4.69) is 15.5 Å². The number of benzene rings is 2. The van der Waals surface area contributed by atoms with Gasteiger partial charge in [-0.3, -0.25) is 4.79 Å². The van der Waals surface area contributed by atoms with Gasteiger partial charge >= 0.3 is 0 Å². The number of carbonyl (C=O) groups excluding carboxylic acids is 1. The number of aromatic nitrogens is 1. The summed E-state index contributed by atoms with van der Waals surface area (Å²) in [5.74, 6) is 0.246. The molecule has 3 rings (SSSR count). The van der Waals surface area contributed by atoms with Crippen molar-refractivity contribution in [3.05, 3.63) is 75.3 Å². The number of halogens is 1. The second kappa shape index (κ2) is 9.34. The van der Waals surface area contributed by atoms with Crippen molar-refractivity contribution >= 4 is 40.2 Å². The molecule has 0 unspecified atom stereocenters. The number of hydrazone groups is 1. The fraction of sp³-hybridized carbons (Fsp3) is 0.150. The average Bonchev–Trinajstić information content (AvgIpc) is 3.09. The highest BCUT2D eigenvalue weighted by molar-refractivity contribution is 7.17. The summed E-state index contributed by atoms with van der Waals surface area (Å²) in [4.78, 5) is 16.8. The molecule has 0 aliphatic carbocycles. The van der Waals surface area contributed by atoms with Gasteiger partial charge in [0.2, 0.25) is 0 Å². The van der Waals surface area contributed by atoms with E-state index >= 15 is 0 Å². The Morgan fingerprint density at radius 2 is 2.11 bits per heavy atom. The van der Waals surface area contributed by atoms with Crippen molar-refractivity contribution in [2.24, 2.45) is 5.10 Å². The first kappa shape index (κ1) is 19.9. The number of thiazole rings is 1. The molecule has 0 saturated heterocycles. The van der Waals surface area contributed by atoms with Crippen LogP contribution in [-0.2, 0) is 13.0 Å². The molecule has 0 saturated carbocycles. The van der Waals surface area contributed by atoms with Crippen LogP contribution in [0.3, 0.4) is 0 Å². The summed E-state index contributed by atoms with van der Waals surface area (Å²) >= 11 is 7.43. The van der Waals surface area contributed by atoms with Crippen molar-refractivity contribution in [2.45, 2.75) is 20.0 Å². The molecule has 0 atom stereocenters. The smallest absolute Gasteiger partial charge is 0.283 e. The van der Waals surface area contributed by atoms with Crippen LogP contribution in [0.1, 0.15) is 33.4 Å². The molecular formula is C20H19ClN4O2S. The Morgan fingerprint density at radius 3 is 2.82 bits per heavy atom. The Bertz CT molecular complexity index is 989. The Kier molecular flexibility index (Phi) is 6.62. The van der Waals surface area contributed by atoms with Crippen molar-refractivity contribution in [3.63, 3.8) is 0 Å². The summed E-state index contributed by atoms with van der Waals surface area (Å²) in [6.45, 7) is 2.35. The number of anilines is 1. The van der Waals surface area contributed by atoms with Gasteiger partial charge in [0.25, 0.3) is 5.91 Å². The maximum atomic E-state index is 12.2. The Labute approximate surface area is 172 Å². The molecule has 3 aromatic rings. The van der Waals surface area contributed by atoms with Gasteiger partial charge < -0.3 is 10.5 Å². The Hall–Kier alpha value is -2.90. The zero-order valence-corrected chi connectivity index (χ0v) is 16.8. The second-order valence-electron chi connectivity index (χ2n) is 5.84. The molecule has 0 aliphatic heterocycles. The van der Waals surface area contributed by atoms with E-state index in [9.17, 15) is 4.79 Å². The van der Waals surface area contributed by atoms with Crippen LogP contribution in [0, 0.1) is 0 Å². The number of hydrogen-bond acceptors (Lipinski definition) is 6. The van der Waals surface area contributed by atoms with Crippen molar-refractivity contribution in [1.29, 1.82) is 0 Å². The molecule has 2 aromatic carbocycles. The number of hydrogen-bond donors (Lipinski definition) is 2. The first-order chi connectivity index (χ1) is 13.6. The summed E-state index contributed by atoms with van der Waals surface area (Å²) in [6.07, 6.45) is 2.14. The number of nitrogens with two attached hydrogens (primary N) is 1. The fourth-order valence-electron chi connectivity index (χ4n) is 2.45. The molecule has 8 heteroatoms. The molecule has 0 fully saturated rings. The number of rotatable bonds is 7. The van der Waals surface area contributed by atoms with Crippen LogP contribution < -0.4 is 15.9 Å². The first-order valence-electron chi connectivity index (χ1n) is 8.61. The topological polar surface area (TPSA) is 89.6 Å². The van der Waals surface area contributed by atoms with E-state index in [0.29, 0.717) is 39.5 Å². The van der Waals surface area contributed by atoms with Gasteiger partial charge in [-0.2, -0.15) is 5.10 Å². The monoisotopic (exact) mass is 414 g/mol. The third kappa shape index (κ3) is 5.09. The molecule has 28 heavy (non-hydrogen) atoms. The van der Waals surface area contributed by atoms with Crippen LogP contribution in [0.2, 0.25) is 5.02 Å². The quantitative estimate of drug-likeness (QED) is 0.446. The molecule has 3 N–H and O–H groups in total. The van der Waals surface area contributed by atoms with Gasteiger partial charge in [0.15, 0.2) is 5.13 Å². The van der Waals surface area contributed by atoms with Crippen molar-refractivity contribution in [3.8, 4) is 5.75 Å². The first-order valence-corrected chi connectivity index (χ1v) is 9.81. The van der Waals surface area contributed by atoms with Gasteiger partial charge in [0.05, 0.1) is 16.9 Å². The van der Waals surface area contributed by atoms with Crippen molar-refractivity contribution in [2.75, 3.05) is 5.73 Å². The van der Waals surface area contributed by atoms with Crippen LogP contribution in [0.4, 0.5) is 5.13 Å². The number of amides is 1. The molecule has 1 aromatic heterocycles. The largest absolute Gasteiger partial charge is 0.487 e. The van der Waals surface area contributed by atoms with Crippen LogP contribution in [0.15, 0.2) is 53.6 Å². The van der Waals surface area contributed by atoms with E-state index in [1.165, 1.54) is 6.21 Å². The maximum absolute atomic E-state index is 12.2. The average molecular weight is 415 g/mol. The lowest BCUT2D eigenvalue weighted by Crippen LogP contribution is -2.17. The fourth-order valence-corrected chi connectivity index (χ4v) is 3.51. The van der Waals surface area contributed by atoms with E-state index in [1.54, 1.807) is 12.1 Å². The number of ether oxygens (including phenoxy) is 1. The maximum Gasteiger partial charge on any atom is 0.283 e. The summed E-state index contributed by atoms with van der Waals surface area (Å²) < 4.78 is 5.74. The summed E-state index contributed by atoms with van der Waals surface area (Å²) in [5, 5.41) is 4.81. The zero-order chi connectivity index (χ0) is 19.9. The van der Waals surface area contributed by atoms with E-state index < -0.39 is 0 Å². The molecular weight excluding hydrogens is 396 g/mol. The number of carbonyl (C=O) groups is 1. The number of nitrogen functional groups attached to an aromatic ring is 1. The van der Waals surface area contributed by atoms with E-state index in [4.69, 9.17) is 22.1 Å². The molecule has 0 aliphatic rings. The van der Waals surface area contributed by atoms with E-state index in [0.717, 1.165) is 22.5 Å². The van der Waals surface area contributed by atoms with E-state index in [-0.39, 0.29) is 5.91 Å². The Morgan fingerprint density at radius 1 is 1.32 bits per heavy atom. The van der Waals surface area contributed by atoms with Gasteiger partial charge in [-0.05, 0) is 35.7 Å². The molecule has 144 valence electrons. The molecule has 0 bridgehead atoms. The predicted octanol–water partition coefficient (Wildman–Crippen LogP) is 4.28. The lowest BCUT2D eigenvalue weighted by atomic mass is 10.2. The van der Waals surface area contributed by atoms with Gasteiger partial charge in [-0.15, -0.1) is 0 Å². The van der Waals surface area contributed by atoms with E-state index in [1.807, 2.05) is 43.3 Å². The minimum Gasteiger partial charge on any atom is -0.487 e. The number of nitrogens with zero attached hydrogens (tertiary/aromatic N) is 2. The number of aryl methyl sites for hydroxylation is 1. The zero-order valence-electron chi connectivity index (χ0n) is 15.2. The summed E-state index contributed by atoms with van der Waals surface area (Å²) in [7, 11) is 0. The lowest BCUT2D eigenvalue weighted by molar-refractivity contribution is 0.0958. The molecule has 0 radical (unpaired) electrons. The van der Waals surface area contributed by atoms with Crippen LogP contribution in [0.5, 0.6) is 5.75 Å². The van der Waals surface area contributed by atoms with Crippen LogP contribution in [0.25, 0.3) is 0 Å². The summed E-state index contributed by atoms with van der Waals surface area (Å²) in [5.41, 5.74) is 10.6. The molecule has 0 spiro atoms. The number of nitrogens with one attached hydrogen (secondary N) is 1. The van der Waals surface area contributed by atoms with Gasteiger partial charge in [-0.1, -0.05) is 60.2 Å². The molecule has 1 amide bonds. The van der Waals surface area contributed by atoms with Crippen LogP contribution >= 0.6 is 22.9 Å². The standard InChI is InChI=1S/C20H19ClN4O2S/c1-2-16-18(28-20(22)24-16)19(26)25-23-11-14-8-9-17(15(21)10-14)27-12-13-6-4-3-5-7-13/h3-11H,2,12H2,1H3,(H2,22,24)(H,25,26)/b23-11-. The lowest BCUT2D eigenvalue weighted by Gasteiger charge is -2.08. The highest BCUT2D eigenvalue weighted by atomic mass is 35.5. The van der Waals surface area contributed by atoms with Gasteiger partial charge in [0.1, 0.15) is 17.2 Å². The second-order valence-corrected chi connectivity index (χ2v) is 7.28. The van der Waals surface area contributed by atoms with Gasteiger partial charge in [0, 0.05) is 0 Å². The third-order valence-electron chi connectivity index (χ3n) is 3.83. The minimum absolute atomic E-state index is 0.337. The molecule has 6 nitrogen and oxygen atoms in total. The highest BCUT2D eigenvalue weighted by Crippen LogP contribution is 2.26. The normalized spacial score (nSPS) is 10.9. The molecule has 1 heterocycles. The van der Waals surface area contributed by atoms with Gasteiger partial charge in [-0.25, -0.2) is 10.4 Å². The predicted molar refractivity (Wildman–Crippen MR) is 113 cm³/mol. The van der Waals surface area contributed by atoms with Crippen LogP contribution in [-0.4, -0.2) is 17.1 Å². The SMILES string of the molecule is CCc1nc(N)sc1C(=O)N/N=C\c1ccc(OCc2ccccc2)c(Cl)c1. The Balaban J connectivity index is 1.59.